The molecule has 0 amide bonds. The zero-order valence-corrected chi connectivity index (χ0v) is 10.5. The standard InChI is InChI=1S/C14H21N3/c1-11-4-6-15-9-14(11)17-7-5-12(10-17)8-16-13-2-3-13/h4,6,9,12-13,16H,2-3,5,7-8,10H2,1H3. The Morgan fingerprint density at radius 2 is 2.29 bits per heavy atom. The molecule has 0 bridgehead atoms. The Morgan fingerprint density at radius 1 is 1.41 bits per heavy atom. The number of aromatic nitrogens is 1. The van der Waals surface area contributed by atoms with Crippen LogP contribution in [0.2, 0.25) is 0 Å². The quantitative estimate of drug-likeness (QED) is 0.858. The number of hydrogen-bond acceptors (Lipinski definition) is 3. The molecule has 2 aliphatic rings. The van der Waals surface area contributed by atoms with Crippen LogP contribution in [-0.2, 0) is 0 Å². The Balaban J connectivity index is 1.57. The molecule has 3 nitrogen and oxygen atoms in total. The summed E-state index contributed by atoms with van der Waals surface area (Å²) in [6.45, 7) is 5.74. The Kier molecular flexibility index (Phi) is 3.02. The van der Waals surface area contributed by atoms with Gasteiger partial charge in [0.25, 0.3) is 0 Å². The molecule has 1 saturated heterocycles. The fourth-order valence-corrected chi connectivity index (χ4v) is 2.63. The van der Waals surface area contributed by atoms with Crippen LogP contribution in [0.4, 0.5) is 5.69 Å². The molecular formula is C14H21N3. The summed E-state index contributed by atoms with van der Waals surface area (Å²) in [4.78, 5) is 6.73. The first kappa shape index (κ1) is 11.0. The van der Waals surface area contributed by atoms with Crippen molar-refractivity contribution in [1.29, 1.82) is 0 Å². The van der Waals surface area contributed by atoms with Gasteiger partial charge >= 0.3 is 0 Å². The molecule has 2 heterocycles. The molecule has 0 aromatic carbocycles. The molecule has 1 aliphatic carbocycles. The molecule has 1 aliphatic heterocycles. The molecule has 1 aromatic heterocycles. The highest BCUT2D eigenvalue weighted by Gasteiger charge is 2.26. The maximum Gasteiger partial charge on any atom is 0.0582 e. The van der Waals surface area contributed by atoms with Crippen molar-refractivity contribution in [3.63, 3.8) is 0 Å². The molecule has 1 saturated carbocycles. The Bertz CT molecular complexity index is 387. The van der Waals surface area contributed by atoms with E-state index in [4.69, 9.17) is 0 Å². The Labute approximate surface area is 103 Å². The van der Waals surface area contributed by atoms with Gasteiger partial charge in [-0.05, 0) is 50.3 Å². The van der Waals surface area contributed by atoms with E-state index in [-0.39, 0.29) is 0 Å². The third-order valence-corrected chi connectivity index (χ3v) is 3.91. The monoisotopic (exact) mass is 231 g/mol. The second kappa shape index (κ2) is 4.65. The van der Waals surface area contributed by atoms with Crippen molar-refractivity contribution in [3.05, 3.63) is 24.0 Å². The zero-order valence-electron chi connectivity index (χ0n) is 10.5. The fraction of sp³-hybridized carbons (Fsp3) is 0.643. The van der Waals surface area contributed by atoms with E-state index >= 15 is 0 Å². The van der Waals surface area contributed by atoms with E-state index in [2.05, 4.69) is 28.2 Å². The molecule has 92 valence electrons. The molecular weight excluding hydrogens is 210 g/mol. The highest BCUT2D eigenvalue weighted by molar-refractivity contribution is 5.51. The van der Waals surface area contributed by atoms with Crippen molar-refractivity contribution in [2.45, 2.75) is 32.2 Å². The van der Waals surface area contributed by atoms with Crippen LogP contribution < -0.4 is 10.2 Å². The molecule has 17 heavy (non-hydrogen) atoms. The average Bonchev–Trinajstić information content (AvgIpc) is 3.06. The van der Waals surface area contributed by atoms with Crippen molar-refractivity contribution >= 4 is 5.69 Å². The Hall–Kier alpha value is -1.09. The number of hydrogen-bond donors (Lipinski definition) is 1. The van der Waals surface area contributed by atoms with Gasteiger partial charge in [0.1, 0.15) is 0 Å². The maximum atomic E-state index is 4.24. The van der Waals surface area contributed by atoms with Crippen LogP contribution in [0.15, 0.2) is 18.5 Å². The SMILES string of the molecule is Cc1ccncc1N1CCC(CNC2CC2)C1. The molecule has 0 radical (unpaired) electrons. The van der Waals surface area contributed by atoms with E-state index in [0.717, 1.165) is 12.0 Å². The van der Waals surface area contributed by atoms with Crippen LogP contribution in [0.5, 0.6) is 0 Å². The number of anilines is 1. The lowest BCUT2D eigenvalue weighted by molar-refractivity contribution is 0.515. The van der Waals surface area contributed by atoms with Crippen LogP contribution in [0.25, 0.3) is 0 Å². The minimum absolute atomic E-state index is 0.815. The summed E-state index contributed by atoms with van der Waals surface area (Å²) in [7, 11) is 0. The second-order valence-electron chi connectivity index (χ2n) is 5.45. The molecule has 1 atom stereocenters. The molecule has 2 fully saturated rings. The van der Waals surface area contributed by atoms with Gasteiger partial charge in [-0.1, -0.05) is 0 Å². The van der Waals surface area contributed by atoms with Crippen molar-refractivity contribution in [2.75, 3.05) is 24.5 Å². The van der Waals surface area contributed by atoms with E-state index < -0.39 is 0 Å². The maximum absolute atomic E-state index is 4.24. The largest absolute Gasteiger partial charge is 0.370 e. The van der Waals surface area contributed by atoms with Crippen LogP contribution in [0.1, 0.15) is 24.8 Å². The number of pyridine rings is 1. The lowest BCUT2D eigenvalue weighted by Crippen LogP contribution is -2.27. The molecule has 3 rings (SSSR count). The van der Waals surface area contributed by atoms with Crippen molar-refractivity contribution < 1.29 is 0 Å². The van der Waals surface area contributed by atoms with Crippen LogP contribution in [0.3, 0.4) is 0 Å². The van der Waals surface area contributed by atoms with Gasteiger partial charge in [0, 0.05) is 25.3 Å². The van der Waals surface area contributed by atoms with E-state index in [1.165, 1.54) is 50.1 Å². The average molecular weight is 231 g/mol. The van der Waals surface area contributed by atoms with Gasteiger partial charge in [0.05, 0.1) is 11.9 Å². The highest BCUT2D eigenvalue weighted by Crippen LogP contribution is 2.26. The smallest absolute Gasteiger partial charge is 0.0582 e. The summed E-state index contributed by atoms with van der Waals surface area (Å²) in [5.74, 6) is 0.815. The van der Waals surface area contributed by atoms with Gasteiger partial charge in [-0.2, -0.15) is 0 Å². The van der Waals surface area contributed by atoms with E-state index in [1.807, 2.05) is 12.4 Å². The lowest BCUT2D eigenvalue weighted by atomic mass is 10.1. The fourth-order valence-electron chi connectivity index (χ4n) is 2.63. The Morgan fingerprint density at radius 3 is 3.06 bits per heavy atom. The number of nitrogens with one attached hydrogen (secondary N) is 1. The number of rotatable bonds is 4. The molecule has 1 N–H and O–H groups in total. The minimum atomic E-state index is 0.815. The molecule has 3 heteroatoms. The summed E-state index contributed by atoms with van der Waals surface area (Å²) in [5.41, 5.74) is 2.66. The molecule has 0 spiro atoms. The first-order valence-corrected chi connectivity index (χ1v) is 6.72. The second-order valence-corrected chi connectivity index (χ2v) is 5.45. The third-order valence-electron chi connectivity index (χ3n) is 3.91. The summed E-state index contributed by atoms with van der Waals surface area (Å²) in [6, 6.07) is 2.94. The third kappa shape index (κ3) is 2.60. The van der Waals surface area contributed by atoms with Crippen LogP contribution in [0, 0.1) is 12.8 Å². The van der Waals surface area contributed by atoms with Gasteiger partial charge < -0.3 is 10.2 Å². The summed E-state index contributed by atoms with van der Waals surface area (Å²) < 4.78 is 0. The summed E-state index contributed by atoms with van der Waals surface area (Å²) >= 11 is 0. The summed E-state index contributed by atoms with van der Waals surface area (Å²) in [6.07, 6.45) is 7.97. The summed E-state index contributed by atoms with van der Waals surface area (Å²) in [5, 5.41) is 3.64. The van der Waals surface area contributed by atoms with Gasteiger partial charge in [-0.25, -0.2) is 0 Å². The first-order valence-electron chi connectivity index (χ1n) is 6.72. The predicted octanol–water partition coefficient (Wildman–Crippen LogP) is 1.97. The normalized spacial score (nSPS) is 24.3. The van der Waals surface area contributed by atoms with Crippen LogP contribution >= 0.6 is 0 Å². The van der Waals surface area contributed by atoms with E-state index in [9.17, 15) is 0 Å². The van der Waals surface area contributed by atoms with Crippen molar-refractivity contribution in [3.8, 4) is 0 Å². The van der Waals surface area contributed by atoms with Gasteiger partial charge in [-0.15, -0.1) is 0 Å². The molecule has 1 aromatic rings. The molecule has 1 unspecified atom stereocenters. The van der Waals surface area contributed by atoms with Gasteiger partial charge in [0.15, 0.2) is 0 Å². The zero-order chi connectivity index (χ0) is 11.7. The van der Waals surface area contributed by atoms with Gasteiger partial charge in [0.2, 0.25) is 0 Å². The van der Waals surface area contributed by atoms with Crippen LogP contribution in [-0.4, -0.2) is 30.7 Å². The minimum Gasteiger partial charge on any atom is -0.370 e. The number of aryl methyl sites for hydroxylation is 1. The topological polar surface area (TPSA) is 28.2 Å². The lowest BCUT2D eigenvalue weighted by Gasteiger charge is -2.20. The van der Waals surface area contributed by atoms with E-state index in [1.54, 1.807) is 0 Å². The first-order chi connectivity index (χ1) is 8.33. The highest BCUT2D eigenvalue weighted by atomic mass is 15.2. The van der Waals surface area contributed by atoms with E-state index in [0.29, 0.717) is 0 Å². The van der Waals surface area contributed by atoms with Crippen molar-refractivity contribution in [1.82, 2.24) is 10.3 Å². The predicted molar refractivity (Wildman–Crippen MR) is 70.3 cm³/mol. The van der Waals surface area contributed by atoms with Crippen molar-refractivity contribution in [2.24, 2.45) is 5.92 Å². The van der Waals surface area contributed by atoms with Gasteiger partial charge in [-0.3, -0.25) is 4.98 Å². The number of nitrogens with zero attached hydrogens (tertiary/aromatic N) is 2.